The van der Waals surface area contributed by atoms with Gasteiger partial charge in [0.2, 0.25) is 5.75 Å². The van der Waals surface area contributed by atoms with Gasteiger partial charge in [-0.1, -0.05) is 12.1 Å². The van der Waals surface area contributed by atoms with Gasteiger partial charge in [0, 0.05) is 18.5 Å². The molecular formula is C22H27NO6. The average molecular weight is 401 g/mol. The number of amides is 1. The molecule has 0 bridgehead atoms. The van der Waals surface area contributed by atoms with Gasteiger partial charge in [0.1, 0.15) is 5.60 Å². The smallest absolute Gasteiger partial charge is 0.258 e. The molecule has 1 heterocycles. The van der Waals surface area contributed by atoms with Crippen LogP contribution in [0.5, 0.6) is 28.7 Å². The largest absolute Gasteiger partial charge is 0.493 e. The highest BCUT2D eigenvalue weighted by Gasteiger charge is 2.32. The Bertz CT molecular complexity index is 868. The highest BCUT2D eigenvalue weighted by molar-refractivity contribution is 5.77. The van der Waals surface area contributed by atoms with E-state index in [0.29, 0.717) is 29.5 Å². The summed E-state index contributed by atoms with van der Waals surface area (Å²) in [7, 11) is 4.65. The summed E-state index contributed by atoms with van der Waals surface area (Å²) in [6.45, 7) is 4.25. The van der Waals surface area contributed by atoms with Gasteiger partial charge in [0.15, 0.2) is 29.6 Å². The monoisotopic (exact) mass is 401 g/mol. The van der Waals surface area contributed by atoms with Gasteiger partial charge in [-0.3, -0.25) is 4.79 Å². The third-order valence-electron chi connectivity index (χ3n) is 4.63. The fourth-order valence-corrected chi connectivity index (χ4v) is 3.33. The second-order valence-corrected chi connectivity index (χ2v) is 7.38. The van der Waals surface area contributed by atoms with Crippen molar-refractivity contribution in [2.75, 3.05) is 27.9 Å². The number of fused-ring (bicyclic) bond motifs is 1. The van der Waals surface area contributed by atoms with Crippen LogP contribution in [0.2, 0.25) is 0 Å². The number of carbonyl (C=O) groups excluding carboxylic acids is 1. The molecule has 1 aliphatic heterocycles. The first-order chi connectivity index (χ1) is 13.9. The molecular weight excluding hydrogens is 374 g/mol. The molecule has 0 spiro atoms. The lowest BCUT2D eigenvalue weighted by Crippen LogP contribution is -2.28. The number of carbonyl (C=O) groups is 1. The van der Waals surface area contributed by atoms with Crippen LogP contribution in [0.1, 0.15) is 25.0 Å². The summed E-state index contributed by atoms with van der Waals surface area (Å²) >= 11 is 0. The maximum Gasteiger partial charge on any atom is 0.258 e. The lowest BCUT2D eigenvalue weighted by Gasteiger charge is -2.18. The molecule has 2 aromatic carbocycles. The van der Waals surface area contributed by atoms with Crippen LogP contribution in [0, 0.1) is 0 Å². The van der Waals surface area contributed by atoms with Crippen molar-refractivity contribution >= 4 is 5.91 Å². The summed E-state index contributed by atoms with van der Waals surface area (Å²) in [5, 5.41) is 2.84. The van der Waals surface area contributed by atoms with Crippen LogP contribution >= 0.6 is 0 Å². The van der Waals surface area contributed by atoms with E-state index in [4.69, 9.17) is 23.7 Å². The molecule has 3 rings (SSSR count). The van der Waals surface area contributed by atoms with E-state index < -0.39 is 0 Å². The third kappa shape index (κ3) is 4.67. The molecule has 1 N–H and O–H groups in total. The predicted octanol–water partition coefficient (Wildman–Crippen LogP) is 3.12. The van der Waals surface area contributed by atoms with Crippen LogP contribution in [-0.2, 0) is 17.8 Å². The van der Waals surface area contributed by atoms with Crippen molar-refractivity contribution < 1.29 is 28.5 Å². The number of benzene rings is 2. The SMILES string of the molecule is COc1cc(CNC(=O)COc2cccc3c2OC(C)(C)C3)cc(OC)c1OC. The first-order valence-corrected chi connectivity index (χ1v) is 9.36. The molecule has 0 aromatic heterocycles. The van der Waals surface area contributed by atoms with Gasteiger partial charge in [-0.25, -0.2) is 0 Å². The number of para-hydroxylation sites is 1. The van der Waals surface area contributed by atoms with E-state index in [1.165, 1.54) is 0 Å². The highest BCUT2D eigenvalue weighted by atomic mass is 16.5. The molecule has 1 aliphatic rings. The van der Waals surface area contributed by atoms with Gasteiger partial charge >= 0.3 is 0 Å². The molecule has 2 aromatic rings. The zero-order chi connectivity index (χ0) is 21.0. The number of ether oxygens (including phenoxy) is 5. The lowest BCUT2D eigenvalue weighted by atomic mass is 10.0. The fourth-order valence-electron chi connectivity index (χ4n) is 3.33. The predicted molar refractivity (Wildman–Crippen MR) is 108 cm³/mol. The van der Waals surface area contributed by atoms with E-state index in [1.54, 1.807) is 33.5 Å². The molecule has 0 saturated heterocycles. The Morgan fingerprint density at radius 2 is 1.76 bits per heavy atom. The second kappa shape index (κ2) is 8.51. The maximum absolute atomic E-state index is 12.3. The number of nitrogens with one attached hydrogen (secondary N) is 1. The molecule has 0 unspecified atom stereocenters. The Kier molecular flexibility index (Phi) is 6.06. The van der Waals surface area contributed by atoms with Crippen molar-refractivity contribution in [3.63, 3.8) is 0 Å². The Morgan fingerprint density at radius 1 is 1.07 bits per heavy atom. The molecule has 0 atom stereocenters. The minimum absolute atomic E-state index is 0.106. The van der Waals surface area contributed by atoms with Gasteiger partial charge in [0.05, 0.1) is 21.3 Å². The lowest BCUT2D eigenvalue weighted by molar-refractivity contribution is -0.123. The Morgan fingerprint density at radius 3 is 2.38 bits per heavy atom. The highest BCUT2D eigenvalue weighted by Crippen LogP contribution is 2.41. The zero-order valence-corrected chi connectivity index (χ0v) is 17.5. The average Bonchev–Trinajstić information content (AvgIpc) is 3.03. The molecule has 0 radical (unpaired) electrons. The Balaban J connectivity index is 1.60. The van der Waals surface area contributed by atoms with Gasteiger partial charge in [-0.15, -0.1) is 0 Å². The van der Waals surface area contributed by atoms with Crippen LogP contribution in [0.15, 0.2) is 30.3 Å². The van der Waals surface area contributed by atoms with Gasteiger partial charge in [-0.05, 0) is 37.6 Å². The van der Waals surface area contributed by atoms with Gasteiger partial charge in [-0.2, -0.15) is 0 Å². The summed E-state index contributed by atoms with van der Waals surface area (Å²) in [5.41, 5.74) is 1.64. The quantitative estimate of drug-likeness (QED) is 0.733. The topological polar surface area (TPSA) is 75.3 Å². The summed E-state index contributed by atoms with van der Waals surface area (Å²) in [6.07, 6.45) is 0.812. The van der Waals surface area contributed by atoms with Crippen molar-refractivity contribution in [1.82, 2.24) is 5.32 Å². The van der Waals surface area contributed by atoms with Crippen molar-refractivity contribution in [3.8, 4) is 28.7 Å². The third-order valence-corrected chi connectivity index (χ3v) is 4.63. The molecule has 7 nitrogen and oxygen atoms in total. The molecule has 7 heteroatoms. The fraction of sp³-hybridized carbons (Fsp3) is 0.409. The van der Waals surface area contributed by atoms with Crippen molar-refractivity contribution in [1.29, 1.82) is 0 Å². The first-order valence-electron chi connectivity index (χ1n) is 9.36. The second-order valence-electron chi connectivity index (χ2n) is 7.38. The summed E-state index contributed by atoms with van der Waals surface area (Å²) in [4.78, 5) is 12.3. The van der Waals surface area contributed by atoms with Crippen molar-refractivity contribution in [2.45, 2.75) is 32.4 Å². The molecule has 156 valence electrons. The standard InChI is InChI=1S/C22H27NO6/c1-22(2)11-15-7-6-8-16(20(15)29-22)28-13-19(24)23-12-14-9-17(25-3)21(27-5)18(10-14)26-4/h6-10H,11-13H2,1-5H3,(H,23,24). The minimum Gasteiger partial charge on any atom is -0.493 e. The van der Waals surface area contributed by atoms with Gasteiger partial charge in [0.25, 0.3) is 5.91 Å². The van der Waals surface area contributed by atoms with E-state index in [1.807, 2.05) is 32.0 Å². The Labute approximate surface area is 170 Å². The number of rotatable bonds is 8. The molecule has 0 aliphatic carbocycles. The van der Waals surface area contributed by atoms with E-state index >= 15 is 0 Å². The summed E-state index contributed by atoms with van der Waals surface area (Å²) in [6, 6.07) is 9.33. The maximum atomic E-state index is 12.3. The van der Waals surface area contributed by atoms with Crippen LogP contribution in [0.4, 0.5) is 0 Å². The van der Waals surface area contributed by atoms with Crippen molar-refractivity contribution in [3.05, 3.63) is 41.5 Å². The van der Waals surface area contributed by atoms with E-state index in [2.05, 4.69) is 5.32 Å². The number of hydrogen-bond donors (Lipinski definition) is 1. The van der Waals surface area contributed by atoms with Crippen molar-refractivity contribution in [2.24, 2.45) is 0 Å². The number of methoxy groups -OCH3 is 3. The molecule has 29 heavy (non-hydrogen) atoms. The Hall–Kier alpha value is -3.09. The minimum atomic E-state index is -0.267. The molecule has 0 saturated carbocycles. The summed E-state index contributed by atoms with van der Waals surface area (Å²) < 4.78 is 27.7. The van der Waals surface area contributed by atoms with E-state index in [9.17, 15) is 4.79 Å². The molecule has 1 amide bonds. The summed E-state index contributed by atoms with van der Waals surface area (Å²) in [5.74, 6) is 2.63. The number of hydrogen-bond acceptors (Lipinski definition) is 6. The van der Waals surface area contributed by atoms with Crippen LogP contribution in [0.25, 0.3) is 0 Å². The zero-order valence-electron chi connectivity index (χ0n) is 17.5. The van der Waals surface area contributed by atoms with E-state index in [-0.39, 0.29) is 18.1 Å². The van der Waals surface area contributed by atoms with Gasteiger partial charge < -0.3 is 29.0 Å². The normalized spacial score (nSPS) is 13.8. The first kappa shape index (κ1) is 20.6. The van der Waals surface area contributed by atoms with Crippen LogP contribution < -0.4 is 29.0 Å². The van der Waals surface area contributed by atoms with Crippen LogP contribution in [0.3, 0.4) is 0 Å². The molecule has 0 fully saturated rings. The van der Waals surface area contributed by atoms with Crippen LogP contribution in [-0.4, -0.2) is 39.4 Å². The van der Waals surface area contributed by atoms with E-state index in [0.717, 1.165) is 23.3 Å².